The minimum atomic E-state index is -0.770. The molecule has 19 heavy (non-hydrogen) atoms. The lowest BCUT2D eigenvalue weighted by Crippen LogP contribution is -2.47. The topological polar surface area (TPSA) is 66.4 Å². The number of aryl methyl sites for hydroxylation is 1. The van der Waals surface area contributed by atoms with Crippen LogP contribution in [0.4, 0.5) is 0 Å². The van der Waals surface area contributed by atoms with Gasteiger partial charge >= 0.3 is 5.97 Å². The van der Waals surface area contributed by atoms with Crippen LogP contribution in [0.25, 0.3) is 0 Å². The van der Waals surface area contributed by atoms with Gasteiger partial charge in [-0.2, -0.15) is 0 Å². The lowest BCUT2D eigenvalue weighted by atomic mass is 9.80. The van der Waals surface area contributed by atoms with Gasteiger partial charge in [0.15, 0.2) is 0 Å². The molecule has 1 amide bonds. The Balaban J connectivity index is 1.82. The Morgan fingerprint density at radius 1 is 1.42 bits per heavy atom. The number of amides is 1. The van der Waals surface area contributed by atoms with Gasteiger partial charge in [0.05, 0.1) is 12.3 Å². The number of hydrogen-bond donors (Lipinski definition) is 2. The summed E-state index contributed by atoms with van der Waals surface area (Å²) >= 11 is 3.44. The second kappa shape index (κ2) is 5.74. The molecule has 0 heterocycles. The van der Waals surface area contributed by atoms with Crippen LogP contribution >= 0.6 is 15.9 Å². The number of carbonyl (C=O) groups excluding carboxylic acids is 1. The highest BCUT2D eigenvalue weighted by molar-refractivity contribution is 9.10. The minimum absolute atomic E-state index is 0.0162. The largest absolute Gasteiger partial charge is 0.481 e. The second-order valence-corrected chi connectivity index (χ2v) is 5.89. The number of nitrogens with one attached hydrogen (secondary N) is 1. The van der Waals surface area contributed by atoms with Crippen molar-refractivity contribution in [2.24, 2.45) is 5.92 Å². The average molecular weight is 326 g/mol. The van der Waals surface area contributed by atoms with Crippen LogP contribution in [0.1, 0.15) is 24.0 Å². The number of hydrogen-bond acceptors (Lipinski definition) is 2. The van der Waals surface area contributed by atoms with E-state index in [0.717, 1.165) is 15.6 Å². The average Bonchev–Trinajstić information content (AvgIpc) is 2.27. The van der Waals surface area contributed by atoms with Crippen molar-refractivity contribution in [3.8, 4) is 0 Å². The molecule has 0 atom stereocenters. The first-order valence-electron chi connectivity index (χ1n) is 6.23. The van der Waals surface area contributed by atoms with E-state index in [1.165, 1.54) is 0 Å². The van der Waals surface area contributed by atoms with Crippen LogP contribution in [0.2, 0.25) is 0 Å². The van der Waals surface area contributed by atoms with Crippen molar-refractivity contribution < 1.29 is 14.7 Å². The standard InChI is InChI=1S/C14H16BrNO3/c1-8-2-3-9(4-12(8)15)5-13(17)16-11-6-10(7-11)14(18)19/h2-4,10-11H,5-7H2,1H3,(H,16,17)(H,18,19). The highest BCUT2D eigenvalue weighted by Gasteiger charge is 2.35. The molecule has 0 bridgehead atoms. The molecule has 102 valence electrons. The lowest BCUT2D eigenvalue weighted by Gasteiger charge is -2.32. The maximum atomic E-state index is 11.8. The zero-order chi connectivity index (χ0) is 14.0. The zero-order valence-corrected chi connectivity index (χ0v) is 12.2. The van der Waals surface area contributed by atoms with E-state index in [-0.39, 0.29) is 17.9 Å². The molecule has 1 saturated carbocycles. The quantitative estimate of drug-likeness (QED) is 0.892. The summed E-state index contributed by atoms with van der Waals surface area (Å²) in [5.74, 6) is -1.11. The number of benzene rings is 1. The van der Waals surface area contributed by atoms with Gasteiger partial charge in [-0.15, -0.1) is 0 Å². The molecule has 1 aliphatic rings. The van der Waals surface area contributed by atoms with Gasteiger partial charge in [-0.25, -0.2) is 0 Å². The molecule has 2 N–H and O–H groups in total. The van der Waals surface area contributed by atoms with Gasteiger partial charge in [0.1, 0.15) is 0 Å². The fourth-order valence-electron chi connectivity index (χ4n) is 2.15. The van der Waals surface area contributed by atoms with Crippen molar-refractivity contribution in [1.82, 2.24) is 5.32 Å². The highest BCUT2D eigenvalue weighted by atomic mass is 79.9. The SMILES string of the molecule is Cc1ccc(CC(=O)NC2CC(C(=O)O)C2)cc1Br. The van der Waals surface area contributed by atoms with E-state index in [1.807, 2.05) is 25.1 Å². The van der Waals surface area contributed by atoms with E-state index < -0.39 is 5.97 Å². The van der Waals surface area contributed by atoms with Crippen LogP contribution < -0.4 is 5.32 Å². The summed E-state index contributed by atoms with van der Waals surface area (Å²) in [4.78, 5) is 22.5. The van der Waals surface area contributed by atoms with E-state index in [1.54, 1.807) is 0 Å². The lowest BCUT2D eigenvalue weighted by molar-refractivity contribution is -0.146. The third kappa shape index (κ3) is 3.56. The molecule has 1 aromatic rings. The minimum Gasteiger partial charge on any atom is -0.481 e. The Bertz CT molecular complexity index is 509. The maximum absolute atomic E-state index is 11.8. The van der Waals surface area contributed by atoms with Crippen molar-refractivity contribution in [1.29, 1.82) is 0 Å². The van der Waals surface area contributed by atoms with E-state index in [4.69, 9.17) is 5.11 Å². The van der Waals surface area contributed by atoms with Gasteiger partial charge < -0.3 is 10.4 Å². The summed E-state index contributed by atoms with van der Waals surface area (Å²) in [6, 6.07) is 5.86. The predicted octanol–water partition coefficient (Wildman–Crippen LogP) is 2.28. The monoisotopic (exact) mass is 325 g/mol. The van der Waals surface area contributed by atoms with E-state index in [2.05, 4.69) is 21.2 Å². The molecule has 0 aromatic heterocycles. The smallest absolute Gasteiger partial charge is 0.306 e. The normalized spacial score (nSPS) is 21.6. The molecule has 0 spiro atoms. The van der Waals surface area contributed by atoms with Crippen molar-refractivity contribution in [2.45, 2.75) is 32.2 Å². The van der Waals surface area contributed by atoms with Gasteiger partial charge in [-0.1, -0.05) is 28.1 Å². The molecule has 1 aliphatic carbocycles. The van der Waals surface area contributed by atoms with Crippen LogP contribution in [0.3, 0.4) is 0 Å². The molecule has 0 aliphatic heterocycles. The number of halogens is 1. The summed E-state index contributed by atoms with van der Waals surface area (Å²) < 4.78 is 0.993. The molecule has 2 rings (SSSR count). The molecule has 4 nitrogen and oxygen atoms in total. The summed E-state index contributed by atoms with van der Waals surface area (Å²) in [5.41, 5.74) is 2.08. The fraction of sp³-hybridized carbons (Fsp3) is 0.429. The molecule has 0 radical (unpaired) electrons. The molecule has 1 fully saturated rings. The van der Waals surface area contributed by atoms with Crippen LogP contribution in [0.15, 0.2) is 22.7 Å². The molecule has 0 saturated heterocycles. The zero-order valence-electron chi connectivity index (χ0n) is 10.6. The number of carbonyl (C=O) groups is 2. The van der Waals surface area contributed by atoms with Crippen LogP contribution in [0, 0.1) is 12.8 Å². The van der Waals surface area contributed by atoms with Crippen molar-refractivity contribution >= 4 is 27.8 Å². The van der Waals surface area contributed by atoms with Gasteiger partial charge in [-0.05, 0) is 37.0 Å². The Morgan fingerprint density at radius 2 is 2.11 bits per heavy atom. The van der Waals surface area contributed by atoms with Crippen LogP contribution in [-0.2, 0) is 16.0 Å². The van der Waals surface area contributed by atoms with Gasteiger partial charge in [-0.3, -0.25) is 9.59 Å². The summed E-state index contributed by atoms with van der Waals surface area (Å²) in [6.45, 7) is 1.99. The van der Waals surface area contributed by atoms with E-state index in [9.17, 15) is 9.59 Å². The number of aliphatic carboxylic acids is 1. The highest BCUT2D eigenvalue weighted by Crippen LogP contribution is 2.27. The van der Waals surface area contributed by atoms with Gasteiger partial charge in [0.2, 0.25) is 5.91 Å². The van der Waals surface area contributed by atoms with Gasteiger partial charge in [0, 0.05) is 10.5 Å². The molecular formula is C14H16BrNO3. The first-order chi connectivity index (χ1) is 8.95. The first-order valence-corrected chi connectivity index (χ1v) is 7.02. The molecular weight excluding hydrogens is 310 g/mol. The summed E-state index contributed by atoms with van der Waals surface area (Å²) in [7, 11) is 0. The Kier molecular flexibility index (Phi) is 4.24. The summed E-state index contributed by atoms with van der Waals surface area (Å²) in [6.07, 6.45) is 1.41. The molecule has 0 unspecified atom stereocenters. The Morgan fingerprint density at radius 3 is 2.68 bits per heavy atom. The predicted molar refractivity (Wildman–Crippen MR) is 74.9 cm³/mol. The third-order valence-electron chi connectivity index (χ3n) is 3.45. The second-order valence-electron chi connectivity index (χ2n) is 5.03. The first kappa shape index (κ1) is 14.1. The number of carboxylic acid groups (broad SMARTS) is 1. The van der Waals surface area contributed by atoms with E-state index in [0.29, 0.717) is 19.3 Å². The number of rotatable bonds is 4. The van der Waals surface area contributed by atoms with Crippen molar-refractivity contribution in [3.05, 3.63) is 33.8 Å². The molecule has 1 aromatic carbocycles. The van der Waals surface area contributed by atoms with E-state index >= 15 is 0 Å². The van der Waals surface area contributed by atoms with Crippen molar-refractivity contribution in [2.75, 3.05) is 0 Å². The fourth-order valence-corrected chi connectivity index (χ4v) is 2.57. The third-order valence-corrected chi connectivity index (χ3v) is 4.31. The summed E-state index contributed by atoms with van der Waals surface area (Å²) in [5, 5.41) is 11.6. The van der Waals surface area contributed by atoms with Crippen LogP contribution in [-0.4, -0.2) is 23.0 Å². The van der Waals surface area contributed by atoms with Gasteiger partial charge in [0.25, 0.3) is 0 Å². The van der Waals surface area contributed by atoms with Crippen LogP contribution in [0.5, 0.6) is 0 Å². The maximum Gasteiger partial charge on any atom is 0.306 e. The van der Waals surface area contributed by atoms with Crippen molar-refractivity contribution in [3.63, 3.8) is 0 Å². The Labute approximate surface area is 120 Å². The molecule has 5 heteroatoms. The Hall–Kier alpha value is -1.36. The number of carboxylic acids is 1.